The average Bonchev–Trinajstić information content (AvgIpc) is 2.88. The van der Waals surface area contributed by atoms with Gasteiger partial charge >= 0.3 is 0 Å². The molecule has 2 aromatic rings. The lowest BCUT2D eigenvalue weighted by atomic mass is 10.1. The van der Waals surface area contributed by atoms with Gasteiger partial charge in [0.25, 0.3) is 11.6 Å². The average molecular weight is 260 g/mol. The minimum Gasteiger partial charge on any atom is -0.346 e. The molecule has 7 heteroatoms. The number of carbonyl (C=O) groups is 1. The lowest BCUT2D eigenvalue weighted by Gasteiger charge is -2.04. The minimum absolute atomic E-state index is 0.0910. The van der Waals surface area contributed by atoms with Gasteiger partial charge in [0.2, 0.25) is 0 Å². The van der Waals surface area contributed by atoms with Gasteiger partial charge in [0.1, 0.15) is 0 Å². The molecule has 0 aliphatic rings. The zero-order chi connectivity index (χ0) is 13.8. The second kappa shape index (κ2) is 5.30. The molecule has 0 saturated heterocycles. The van der Waals surface area contributed by atoms with Crippen LogP contribution in [0.5, 0.6) is 0 Å². The van der Waals surface area contributed by atoms with Crippen LogP contribution in [0.3, 0.4) is 0 Å². The topological polar surface area (TPSA) is 101 Å². The fraction of sp³-hybridized carbons (Fsp3) is 0.167. The van der Waals surface area contributed by atoms with Crippen LogP contribution in [0.1, 0.15) is 21.6 Å². The molecule has 2 rings (SSSR count). The maximum Gasteiger partial charge on any atom is 0.270 e. The summed E-state index contributed by atoms with van der Waals surface area (Å²) < 4.78 is 0. The molecule has 1 aromatic heterocycles. The number of hydrogen-bond acceptors (Lipinski definition) is 4. The number of hydrogen-bond donors (Lipinski definition) is 2. The first-order valence-corrected chi connectivity index (χ1v) is 5.59. The third-order valence-corrected chi connectivity index (χ3v) is 2.53. The van der Waals surface area contributed by atoms with E-state index in [1.165, 1.54) is 12.1 Å². The number of nitro groups is 1. The first-order valence-electron chi connectivity index (χ1n) is 5.59. The third-order valence-electron chi connectivity index (χ3n) is 2.53. The largest absolute Gasteiger partial charge is 0.346 e. The van der Waals surface area contributed by atoms with Crippen molar-refractivity contribution >= 4 is 11.6 Å². The Morgan fingerprint density at radius 1 is 1.47 bits per heavy atom. The highest BCUT2D eigenvalue weighted by Gasteiger charge is 2.13. The van der Waals surface area contributed by atoms with Gasteiger partial charge in [-0.15, -0.1) is 0 Å². The molecule has 1 heterocycles. The van der Waals surface area contributed by atoms with E-state index < -0.39 is 4.92 Å². The van der Waals surface area contributed by atoms with Crippen molar-refractivity contribution in [2.24, 2.45) is 0 Å². The van der Waals surface area contributed by atoms with Crippen LogP contribution in [0.25, 0.3) is 0 Å². The van der Waals surface area contributed by atoms with Crippen molar-refractivity contribution in [3.8, 4) is 0 Å². The van der Waals surface area contributed by atoms with Crippen molar-refractivity contribution in [1.82, 2.24) is 15.5 Å². The number of rotatable bonds is 4. The highest BCUT2D eigenvalue weighted by Crippen LogP contribution is 2.16. The summed E-state index contributed by atoms with van der Waals surface area (Å²) in [5.74, 6) is -0.360. The summed E-state index contributed by atoms with van der Waals surface area (Å²) in [5, 5.41) is 19.9. The Balaban J connectivity index is 2.12. The van der Waals surface area contributed by atoms with Gasteiger partial charge in [0.15, 0.2) is 0 Å². The van der Waals surface area contributed by atoms with Gasteiger partial charge in [-0.3, -0.25) is 20.0 Å². The summed E-state index contributed by atoms with van der Waals surface area (Å²) >= 11 is 0. The predicted octanol–water partition coefficient (Wildman–Crippen LogP) is 1.56. The summed E-state index contributed by atoms with van der Waals surface area (Å²) in [5.41, 5.74) is 1.61. The van der Waals surface area contributed by atoms with Crippen LogP contribution in [0, 0.1) is 17.0 Å². The Bertz CT molecular complexity index is 607. The molecule has 0 atom stereocenters. The molecule has 7 nitrogen and oxygen atoms in total. The molecule has 0 aliphatic carbocycles. The lowest BCUT2D eigenvalue weighted by molar-refractivity contribution is -0.384. The van der Waals surface area contributed by atoms with Crippen LogP contribution in [-0.4, -0.2) is 21.0 Å². The van der Waals surface area contributed by atoms with Crippen molar-refractivity contribution in [3.63, 3.8) is 0 Å². The molecule has 0 unspecified atom stereocenters. The van der Waals surface area contributed by atoms with Crippen LogP contribution in [0.15, 0.2) is 30.5 Å². The maximum atomic E-state index is 11.9. The monoisotopic (exact) mass is 260 g/mol. The molecule has 0 fully saturated rings. The number of nitrogens with one attached hydrogen (secondary N) is 2. The van der Waals surface area contributed by atoms with Gasteiger partial charge in [-0.25, -0.2) is 0 Å². The summed E-state index contributed by atoms with van der Waals surface area (Å²) in [6.45, 7) is 2.00. The highest BCUT2D eigenvalue weighted by molar-refractivity contribution is 5.95. The van der Waals surface area contributed by atoms with Gasteiger partial charge < -0.3 is 5.32 Å². The van der Waals surface area contributed by atoms with Crippen LogP contribution in [-0.2, 0) is 6.54 Å². The number of nitro benzene ring substituents is 1. The summed E-state index contributed by atoms with van der Waals surface area (Å²) in [6.07, 6.45) is 1.58. The summed E-state index contributed by atoms with van der Waals surface area (Å²) in [7, 11) is 0. The number of non-ortho nitro benzene ring substituents is 1. The van der Waals surface area contributed by atoms with Crippen molar-refractivity contribution < 1.29 is 9.72 Å². The molecule has 0 saturated carbocycles. The SMILES string of the molecule is Cc1cc(C(=O)NCc2ccn[nH]2)cc([N+](=O)[O-])c1. The molecule has 1 amide bonds. The smallest absolute Gasteiger partial charge is 0.270 e. The Kier molecular flexibility index (Phi) is 3.56. The Hall–Kier alpha value is -2.70. The van der Waals surface area contributed by atoms with E-state index in [4.69, 9.17) is 0 Å². The van der Waals surface area contributed by atoms with Crippen molar-refractivity contribution in [2.75, 3.05) is 0 Å². The zero-order valence-corrected chi connectivity index (χ0v) is 10.2. The van der Waals surface area contributed by atoms with Gasteiger partial charge in [-0.2, -0.15) is 5.10 Å². The second-order valence-corrected chi connectivity index (χ2v) is 4.08. The van der Waals surface area contributed by atoms with Crippen molar-refractivity contribution in [2.45, 2.75) is 13.5 Å². The fourth-order valence-electron chi connectivity index (χ4n) is 1.66. The number of carbonyl (C=O) groups excluding carboxylic acids is 1. The Morgan fingerprint density at radius 2 is 2.26 bits per heavy atom. The first-order chi connectivity index (χ1) is 9.06. The lowest BCUT2D eigenvalue weighted by Crippen LogP contribution is -2.23. The third kappa shape index (κ3) is 3.15. The number of H-pyrrole nitrogens is 1. The molecule has 19 heavy (non-hydrogen) atoms. The minimum atomic E-state index is -0.515. The number of nitrogens with zero attached hydrogens (tertiary/aromatic N) is 2. The van der Waals surface area contributed by atoms with E-state index in [1.807, 2.05) is 0 Å². The Labute approximate surface area is 108 Å². The fourth-order valence-corrected chi connectivity index (χ4v) is 1.66. The highest BCUT2D eigenvalue weighted by atomic mass is 16.6. The van der Waals surface area contributed by atoms with Crippen molar-refractivity contribution in [1.29, 1.82) is 0 Å². The first kappa shape index (κ1) is 12.7. The predicted molar refractivity (Wildman–Crippen MR) is 67.6 cm³/mol. The van der Waals surface area contributed by atoms with Gasteiger partial charge in [0.05, 0.1) is 17.2 Å². The van der Waals surface area contributed by atoms with Gasteiger partial charge in [-0.1, -0.05) is 0 Å². The molecular weight excluding hydrogens is 248 g/mol. The second-order valence-electron chi connectivity index (χ2n) is 4.08. The van der Waals surface area contributed by atoms with E-state index in [0.717, 1.165) is 5.69 Å². The van der Waals surface area contributed by atoms with Gasteiger partial charge in [-0.05, 0) is 24.6 Å². The van der Waals surface area contributed by atoms with E-state index >= 15 is 0 Å². The molecule has 98 valence electrons. The number of benzene rings is 1. The number of aromatic nitrogens is 2. The quantitative estimate of drug-likeness (QED) is 0.643. The molecule has 0 aliphatic heterocycles. The standard InChI is InChI=1S/C12H12N4O3/c1-8-4-9(6-11(5-8)16(18)19)12(17)13-7-10-2-3-14-15-10/h2-6H,7H2,1H3,(H,13,17)(H,14,15). The summed E-state index contributed by atoms with van der Waals surface area (Å²) in [4.78, 5) is 22.1. The van der Waals surface area contributed by atoms with E-state index in [9.17, 15) is 14.9 Å². The maximum absolute atomic E-state index is 11.9. The van der Waals surface area contributed by atoms with Crippen LogP contribution in [0.2, 0.25) is 0 Å². The molecule has 2 N–H and O–H groups in total. The summed E-state index contributed by atoms with van der Waals surface area (Å²) in [6, 6.07) is 6.02. The van der Waals surface area contributed by atoms with Crippen LogP contribution < -0.4 is 5.32 Å². The molecular formula is C12H12N4O3. The van der Waals surface area contributed by atoms with Gasteiger partial charge in [0, 0.05) is 23.9 Å². The Morgan fingerprint density at radius 3 is 2.89 bits per heavy atom. The number of amides is 1. The normalized spacial score (nSPS) is 10.2. The molecule has 0 spiro atoms. The van der Waals surface area contributed by atoms with Crippen LogP contribution in [0.4, 0.5) is 5.69 Å². The zero-order valence-electron chi connectivity index (χ0n) is 10.2. The van der Waals surface area contributed by atoms with E-state index in [2.05, 4.69) is 15.5 Å². The van der Waals surface area contributed by atoms with Crippen LogP contribution >= 0.6 is 0 Å². The molecule has 1 aromatic carbocycles. The number of aryl methyl sites for hydroxylation is 1. The van der Waals surface area contributed by atoms with E-state index in [0.29, 0.717) is 12.1 Å². The number of aromatic amines is 1. The molecule has 0 bridgehead atoms. The van der Waals surface area contributed by atoms with E-state index in [1.54, 1.807) is 25.3 Å². The van der Waals surface area contributed by atoms with Crippen molar-refractivity contribution in [3.05, 3.63) is 57.4 Å². The molecule has 0 radical (unpaired) electrons. The van der Waals surface area contributed by atoms with E-state index in [-0.39, 0.29) is 17.2 Å².